The molecule has 0 amide bonds. The largest absolute Gasteiger partial charge is 0.240 e. The van der Waals surface area contributed by atoms with Gasteiger partial charge in [0, 0.05) is 11.1 Å². The summed E-state index contributed by atoms with van der Waals surface area (Å²) in [6.45, 7) is 1.75. The van der Waals surface area contributed by atoms with Crippen LogP contribution in [0.1, 0.15) is 12.5 Å². The van der Waals surface area contributed by atoms with E-state index in [9.17, 15) is 12.8 Å². The Hall–Kier alpha value is -1.43. The van der Waals surface area contributed by atoms with Gasteiger partial charge in [0.15, 0.2) is 0 Å². The molecule has 0 radical (unpaired) electrons. The maximum Gasteiger partial charge on any atom is 0.240 e. The zero-order valence-electron chi connectivity index (χ0n) is 11.4. The quantitative estimate of drug-likeness (QED) is 0.915. The van der Waals surface area contributed by atoms with Crippen LogP contribution in [0.2, 0.25) is 5.02 Å². The van der Waals surface area contributed by atoms with Crippen molar-refractivity contribution in [2.75, 3.05) is 0 Å². The molecule has 0 fully saturated rings. The van der Waals surface area contributed by atoms with Crippen molar-refractivity contribution in [3.8, 4) is 0 Å². The summed E-state index contributed by atoms with van der Waals surface area (Å²) in [7, 11) is -3.67. The minimum Gasteiger partial charge on any atom is -0.208 e. The summed E-state index contributed by atoms with van der Waals surface area (Å²) in [6, 6.07) is 11.7. The van der Waals surface area contributed by atoms with Crippen molar-refractivity contribution in [1.82, 2.24) is 4.72 Å². The third kappa shape index (κ3) is 4.27. The maximum atomic E-state index is 12.8. The van der Waals surface area contributed by atoms with Crippen molar-refractivity contribution in [3.05, 3.63) is 64.9 Å². The van der Waals surface area contributed by atoms with Crippen molar-refractivity contribution < 1.29 is 12.8 Å². The van der Waals surface area contributed by atoms with Gasteiger partial charge >= 0.3 is 0 Å². The number of hydrogen-bond acceptors (Lipinski definition) is 2. The van der Waals surface area contributed by atoms with Crippen LogP contribution in [0.4, 0.5) is 4.39 Å². The summed E-state index contributed by atoms with van der Waals surface area (Å²) in [5.74, 6) is -0.474. The number of rotatable bonds is 5. The van der Waals surface area contributed by atoms with Gasteiger partial charge in [-0.1, -0.05) is 29.8 Å². The van der Waals surface area contributed by atoms with Crippen molar-refractivity contribution in [2.24, 2.45) is 0 Å². The molecule has 21 heavy (non-hydrogen) atoms. The fraction of sp³-hybridized carbons (Fsp3) is 0.200. The number of halogens is 2. The van der Waals surface area contributed by atoms with E-state index in [1.54, 1.807) is 13.0 Å². The normalized spacial score (nSPS) is 13.1. The van der Waals surface area contributed by atoms with E-state index in [4.69, 9.17) is 11.6 Å². The first kappa shape index (κ1) is 15.9. The highest BCUT2D eigenvalue weighted by molar-refractivity contribution is 7.89. The molecule has 112 valence electrons. The second-order valence-corrected chi connectivity index (χ2v) is 6.89. The van der Waals surface area contributed by atoms with Gasteiger partial charge < -0.3 is 0 Å². The van der Waals surface area contributed by atoms with Crippen LogP contribution in [-0.2, 0) is 16.4 Å². The molecule has 2 rings (SSSR count). The predicted molar refractivity (Wildman–Crippen MR) is 81.3 cm³/mol. The highest BCUT2D eigenvalue weighted by atomic mass is 35.5. The van der Waals surface area contributed by atoms with Crippen molar-refractivity contribution in [2.45, 2.75) is 24.3 Å². The van der Waals surface area contributed by atoms with Gasteiger partial charge in [0.1, 0.15) is 5.82 Å². The standard InChI is InChI=1S/C15H15ClFNO2S/c1-11(10-12-4-2-3-5-15(12)16)18-21(19,20)14-8-6-13(17)7-9-14/h2-9,11,18H,10H2,1H3. The lowest BCUT2D eigenvalue weighted by atomic mass is 10.1. The first-order valence-electron chi connectivity index (χ1n) is 6.40. The van der Waals surface area contributed by atoms with Gasteiger partial charge in [-0.2, -0.15) is 0 Å². The van der Waals surface area contributed by atoms with Crippen LogP contribution in [0.5, 0.6) is 0 Å². The molecule has 0 saturated heterocycles. The van der Waals surface area contributed by atoms with Crippen LogP contribution in [0.15, 0.2) is 53.4 Å². The van der Waals surface area contributed by atoms with E-state index in [0.29, 0.717) is 11.4 Å². The molecule has 1 N–H and O–H groups in total. The first-order chi connectivity index (χ1) is 9.88. The van der Waals surface area contributed by atoms with Gasteiger partial charge in [-0.25, -0.2) is 17.5 Å². The average molecular weight is 328 g/mol. The maximum absolute atomic E-state index is 12.8. The van der Waals surface area contributed by atoms with E-state index in [1.807, 2.05) is 18.2 Å². The molecule has 0 aliphatic carbocycles. The van der Waals surface area contributed by atoms with Crippen LogP contribution in [0.25, 0.3) is 0 Å². The number of sulfonamides is 1. The van der Waals surface area contributed by atoms with Crippen LogP contribution in [0.3, 0.4) is 0 Å². The predicted octanol–water partition coefficient (Wildman–Crippen LogP) is 3.39. The lowest BCUT2D eigenvalue weighted by Gasteiger charge is -2.15. The summed E-state index contributed by atoms with van der Waals surface area (Å²) in [6.07, 6.45) is 0.472. The van der Waals surface area contributed by atoms with Crippen molar-refractivity contribution in [3.63, 3.8) is 0 Å². The number of nitrogens with one attached hydrogen (secondary N) is 1. The van der Waals surface area contributed by atoms with E-state index < -0.39 is 15.8 Å². The van der Waals surface area contributed by atoms with Crippen LogP contribution in [0, 0.1) is 5.82 Å². The third-order valence-electron chi connectivity index (χ3n) is 2.96. The SMILES string of the molecule is CC(Cc1ccccc1Cl)NS(=O)(=O)c1ccc(F)cc1. The van der Waals surface area contributed by atoms with E-state index in [2.05, 4.69) is 4.72 Å². The molecule has 0 spiro atoms. The number of benzene rings is 2. The number of hydrogen-bond donors (Lipinski definition) is 1. The molecule has 2 aromatic rings. The molecular formula is C15H15ClFNO2S. The Kier molecular flexibility index (Phi) is 4.98. The van der Waals surface area contributed by atoms with Crippen LogP contribution >= 0.6 is 11.6 Å². The smallest absolute Gasteiger partial charge is 0.208 e. The molecule has 1 unspecified atom stereocenters. The third-order valence-corrected chi connectivity index (χ3v) is 4.94. The molecule has 0 aromatic heterocycles. The fourth-order valence-electron chi connectivity index (χ4n) is 1.98. The average Bonchev–Trinajstić information content (AvgIpc) is 2.41. The van der Waals surface area contributed by atoms with Crippen LogP contribution < -0.4 is 4.72 Å². The Morgan fingerprint density at radius 3 is 2.38 bits per heavy atom. The summed E-state index contributed by atoms with van der Waals surface area (Å²) < 4.78 is 39.7. The molecule has 0 bridgehead atoms. The summed E-state index contributed by atoms with van der Waals surface area (Å²) >= 11 is 6.06. The molecule has 0 saturated carbocycles. The van der Waals surface area contributed by atoms with E-state index in [-0.39, 0.29) is 10.9 Å². The van der Waals surface area contributed by atoms with Gasteiger partial charge in [0.2, 0.25) is 10.0 Å². The molecule has 1 atom stereocenters. The fourth-order valence-corrected chi connectivity index (χ4v) is 3.44. The molecule has 0 aliphatic rings. The topological polar surface area (TPSA) is 46.2 Å². The van der Waals surface area contributed by atoms with Gasteiger partial charge in [-0.15, -0.1) is 0 Å². The van der Waals surface area contributed by atoms with E-state index in [0.717, 1.165) is 17.7 Å². The lowest BCUT2D eigenvalue weighted by molar-refractivity contribution is 0.559. The highest BCUT2D eigenvalue weighted by Crippen LogP contribution is 2.17. The van der Waals surface area contributed by atoms with Gasteiger partial charge in [-0.3, -0.25) is 0 Å². The van der Waals surface area contributed by atoms with Crippen molar-refractivity contribution in [1.29, 1.82) is 0 Å². The monoisotopic (exact) mass is 327 g/mol. The highest BCUT2D eigenvalue weighted by Gasteiger charge is 2.18. The van der Waals surface area contributed by atoms with Crippen LogP contribution in [-0.4, -0.2) is 14.5 Å². The zero-order chi connectivity index (χ0) is 15.5. The van der Waals surface area contributed by atoms with Gasteiger partial charge in [0.25, 0.3) is 0 Å². The second-order valence-electron chi connectivity index (χ2n) is 4.77. The minimum absolute atomic E-state index is 0.0370. The summed E-state index contributed by atoms with van der Waals surface area (Å²) in [5.41, 5.74) is 0.869. The molecule has 2 aromatic carbocycles. The molecule has 3 nitrogen and oxygen atoms in total. The Morgan fingerprint density at radius 2 is 1.76 bits per heavy atom. The second kappa shape index (κ2) is 6.56. The van der Waals surface area contributed by atoms with E-state index in [1.165, 1.54) is 12.1 Å². The Bertz CT molecular complexity index is 717. The Balaban J connectivity index is 2.10. The van der Waals surface area contributed by atoms with Gasteiger partial charge in [0.05, 0.1) is 4.90 Å². The minimum atomic E-state index is -3.67. The lowest BCUT2D eigenvalue weighted by Crippen LogP contribution is -2.34. The Labute approximate surface area is 128 Å². The Morgan fingerprint density at radius 1 is 1.14 bits per heavy atom. The first-order valence-corrected chi connectivity index (χ1v) is 8.26. The molecular weight excluding hydrogens is 313 g/mol. The summed E-state index contributed by atoms with van der Waals surface area (Å²) in [4.78, 5) is 0.0370. The van der Waals surface area contributed by atoms with Gasteiger partial charge in [-0.05, 0) is 49.2 Å². The van der Waals surface area contributed by atoms with Crippen molar-refractivity contribution >= 4 is 21.6 Å². The zero-order valence-corrected chi connectivity index (χ0v) is 13.0. The summed E-state index contributed by atoms with van der Waals surface area (Å²) in [5, 5.41) is 0.602. The molecule has 0 heterocycles. The van der Waals surface area contributed by atoms with E-state index >= 15 is 0 Å². The molecule has 6 heteroatoms. The molecule has 0 aliphatic heterocycles.